The fourth-order valence-electron chi connectivity index (χ4n) is 2.65. The summed E-state index contributed by atoms with van der Waals surface area (Å²) in [6.07, 6.45) is 4.39. The van der Waals surface area contributed by atoms with E-state index in [0.29, 0.717) is 0 Å². The third-order valence-electron chi connectivity index (χ3n) is 3.86. The molecule has 0 amide bonds. The van der Waals surface area contributed by atoms with E-state index in [2.05, 4.69) is 40.5 Å². The molecule has 1 aliphatic rings. The SMILES string of the molecule is CNCc1ccccc1CN(Cc1ccco1)C1CC1. The third-order valence-corrected chi connectivity index (χ3v) is 3.86. The maximum absolute atomic E-state index is 5.50. The summed E-state index contributed by atoms with van der Waals surface area (Å²) >= 11 is 0. The summed E-state index contributed by atoms with van der Waals surface area (Å²) in [6, 6.07) is 13.5. The highest BCUT2D eigenvalue weighted by Gasteiger charge is 2.29. The van der Waals surface area contributed by atoms with Gasteiger partial charge in [-0.2, -0.15) is 0 Å². The van der Waals surface area contributed by atoms with Crippen molar-refractivity contribution in [3.8, 4) is 0 Å². The van der Waals surface area contributed by atoms with Crippen molar-refractivity contribution in [1.82, 2.24) is 10.2 Å². The topological polar surface area (TPSA) is 28.4 Å². The normalized spacial score (nSPS) is 14.9. The summed E-state index contributed by atoms with van der Waals surface area (Å²) in [4.78, 5) is 2.54. The molecule has 20 heavy (non-hydrogen) atoms. The van der Waals surface area contributed by atoms with E-state index < -0.39 is 0 Å². The van der Waals surface area contributed by atoms with Gasteiger partial charge in [0.05, 0.1) is 12.8 Å². The van der Waals surface area contributed by atoms with Gasteiger partial charge in [-0.3, -0.25) is 4.90 Å². The van der Waals surface area contributed by atoms with E-state index in [1.807, 2.05) is 13.1 Å². The Hall–Kier alpha value is -1.58. The second-order valence-corrected chi connectivity index (χ2v) is 5.51. The second kappa shape index (κ2) is 6.25. The average molecular weight is 270 g/mol. The van der Waals surface area contributed by atoms with Crippen LogP contribution in [-0.4, -0.2) is 18.0 Å². The minimum Gasteiger partial charge on any atom is -0.468 e. The van der Waals surface area contributed by atoms with Crippen LogP contribution in [0.5, 0.6) is 0 Å². The number of hydrogen-bond donors (Lipinski definition) is 1. The Bertz CT molecular complexity index is 532. The van der Waals surface area contributed by atoms with Gasteiger partial charge in [-0.25, -0.2) is 0 Å². The highest BCUT2D eigenvalue weighted by atomic mass is 16.3. The van der Waals surface area contributed by atoms with Crippen molar-refractivity contribution in [3.63, 3.8) is 0 Å². The molecule has 106 valence electrons. The van der Waals surface area contributed by atoms with E-state index in [1.54, 1.807) is 6.26 Å². The lowest BCUT2D eigenvalue weighted by Gasteiger charge is -2.22. The predicted octanol–water partition coefficient (Wildman–Crippen LogP) is 3.16. The molecule has 2 aromatic rings. The van der Waals surface area contributed by atoms with Gasteiger partial charge in [0.1, 0.15) is 5.76 Å². The minimum atomic E-state index is 0.725. The van der Waals surface area contributed by atoms with Gasteiger partial charge in [-0.15, -0.1) is 0 Å². The molecule has 1 aromatic heterocycles. The summed E-state index contributed by atoms with van der Waals surface area (Å²) in [5.74, 6) is 1.06. The van der Waals surface area contributed by atoms with Crippen molar-refractivity contribution in [2.75, 3.05) is 7.05 Å². The van der Waals surface area contributed by atoms with Gasteiger partial charge in [0, 0.05) is 19.1 Å². The van der Waals surface area contributed by atoms with Crippen molar-refractivity contribution < 1.29 is 4.42 Å². The number of nitrogens with zero attached hydrogens (tertiary/aromatic N) is 1. The van der Waals surface area contributed by atoms with Gasteiger partial charge in [0.25, 0.3) is 0 Å². The molecule has 1 N–H and O–H groups in total. The minimum absolute atomic E-state index is 0.725. The monoisotopic (exact) mass is 270 g/mol. The zero-order valence-corrected chi connectivity index (χ0v) is 12.0. The second-order valence-electron chi connectivity index (χ2n) is 5.51. The third kappa shape index (κ3) is 3.30. The Kier molecular flexibility index (Phi) is 4.19. The first-order chi connectivity index (χ1) is 9.86. The first-order valence-corrected chi connectivity index (χ1v) is 7.34. The Morgan fingerprint density at radius 1 is 1.10 bits per heavy atom. The van der Waals surface area contributed by atoms with Gasteiger partial charge in [0.15, 0.2) is 0 Å². The molecule has 3 heteroatoms. The van der Waals surface area contributed by atoms with Gasteiger partial charge in [0.2, 0.25) is 0 Å². The number of rotatable bonds is 7. The van der Waals surface area contributed by atoms with Crippen LogP contribution in [0.4, 0.5) is 0 Å². The number of nitrogens with one attached hydrogen (secondary N) is 1. The van der Waals surface area contributed by atoms with Crippen molar-refractivity contribution in [2.45, 2.75) is 38.5 Å². The lowest BCUT2D eigenvalue weighted by Crippen LogP contribution is -2.25. The molecule has 0 radical (unpaired) electrons. The number of benzene rings is 1. The van der Waals surface area contributed by atoms with Crippen molar-refractivity contribution >= 4 is 0 Å². The maximum atomic E-state index is 5.50. The molecular weight excluding hydrogens is 248 g/mol. The standard InChI is InChI=1S/C17H22N2O/c1-18-11-14-5-2-3-6-15(14)12-19(16-8-9-16)13-17-7-4-10-20-17/h2-7,10,16,18H,8-9,11-13H2,1H3. The quantitative estimate of drug-likeness (QED) is 0.837. The van der Waals surface area contributed by atoms with Crippen LogP contribution >= 0.6 is 0 Å². The van der Waals surface area contributed by atoms with E-state index in [0.717, 1.165) is 31.4 Å². The van der Waals surface area contributed by atoms with E-state index in [1.165, 1.54) is 24.0 Å². The smallest absolute Gasteiger partial charge is 0.117 e. The van der Waals surface area contributed by atoms with Crippen LogP contribution in [0.15, 0.2) is 47.1 Å². The van der Waals surface area contributed by atoms with Crippen molar-refractivity contribution in [1.29, 1.82) is 0 Å². The summed E-state index contributed by atoms with van der Waals surface area (Å²) in [6.45, 7) is 2.84. The summed E-state index contributed by atoms with van der Waals surface area (Å²) in [7, 11) is 2.00. The maximum Gasteiger partial charge on any atom is 0.117 e. The molecule has 1 aliphatic carbocycles. The van der Waals surface area contributed by atoms with Crippen LogP contribution in [0.2, 0.25) is 0 Å². The molecule has 0 saturated heterocycles. The molecule has 1 aromatic carbocycles. The van der Waals surface area contributed by atoms with Crippen molar-refractivity contribution in [3.05, 3.63) is 59.5 Å². The zero-order chi connectivity index (χ0) is 13.8. The lowest BCUT2D eigenvalue weighted by atomic mass is 10.1. The van der Waals surface area contributed by atoms with Crippen LogP contribution in [0.3, 0.4) is 0 Å². The summed E-state index contributed by atoms with van der Waals surface area (Å²) in [5, 5.41) is 3.25. The predicted molar refractivity (Wildman–Crippen MR) is 80.2 cm³/mol. The first-order valence-electron chi connectivity index (χ1n) is 7.34. The summed E-state index contributed by atoms with van der Waals surface area (Å²) < 4.78 is 5.50. The molecule has 0 aliphatic heterocycles. The molecule has 0 bridgehead atoms. The zero-order valence-electron chi connectivity index (χ0n) is 12.0. The Morgan fingerprint density at radius 2 is 1.90 bits per heavy atom. The van der Waals surface area contributed by atoms with Crippen LogP contribution in [-0.2, 0) is 19.6 Å². The number of furan rings is 1. The molecule has 1 fully saturated rings. The lowest BCUT2D eigenvalue weighted by molar-refractivity contribution is 0.224. The summed E-state index contributed by atoms with van der Waals surface area (Å²) in [5.41, 5.74) is 2.81. The molecule has 1 heterocycles. The molecule has 3 rings (SSSR count). The van der Waals surface area contributed by atoms with Crippen molar-refractivity contribution in [2.24, 2.45) is 0 Å². The molecular formula is C17H22N2O. The molecule has 0 spiro atoms. The van der Waals surface area contributed by atoms with E-state index in [4.69, 9.17) is 4.42 Å². The van der Waals surface area contributed by atoms with Crippen LogP contribution in [0.1, 0.15) is 29.7 Å². The fourth-order valence-corrected chi connectivity index (χ4v) is 2.65. The van der Waals surface area contributed by atoms with Gasteiger partial charge >= 0.3 is 0 Å². The highest BCUT2D eigenvalue weighted by molar-refractivity contribution is 5.27. The Morgan fingerprint density at radius 3 is 2.55 bits per heavy atom. The van der Waals surface area contributed by atoms with E-state index in [9.17, 15) is 0 Å². The van der Waals surface area contributed by atoms with Crippen LogP contribution < -0.4 is 5.32 Å². The molecule has 0 unspecified atom stereocenters. The number of hydrogen-bond acceptors (Lipinski definition) is 3. The van der Waals surface area contributed by atoms with Crippen LogP contribution in [0, 0.1) is 0 Å². The Labute approximate surface area is 120 Å². The average Bonchev–Trinajstić information content (AvgIpc) is 3.19. The van der Waals surface area contributed by atoms with Gasteiger partial charge in [-0.1, -0.05) is 24.3 Å². The molecule has 1 saturated carbocycles. The highest BCUT2D eigenvalue weighted by Crippen LogP contribution is 2.30. The molecule has 0 atom stereocenters. The Balaban J connectivity index is 1.73. The van der Waals surface area contributed by atoms with Gasteiger partial charge < -0.3 is 9.73 Å². The van der Waals surface area contributed by atoms with E-state index in [-0.39, 0.29) is 0 Å². The largest absolute Gasteiger partial charge is 0.468 e. The first kappa shape index (κ1) is 13.4. The fraction of sp³-hybridized carbons (Fsp3) is 0.412. The van der Waals surface area contributed by atoms with Crippen LogP contribution in [0.25, 0.3) is 0 Å². The molecule has 3 nitrogen and oxygen atoms in total. The van der Waals surface area contributed by atoms with Gasteiger partial charge in [-0.05, 0) is 43.1 Å². The van der Waals surface area contributed by atoms with E-state index >= 15 is 0 Å².